The topological polar surface area (TPSA) is 26.0 Å². The van der Waals surface area contributed by atoms with Gasteiger partial charge in [0, 0.05) is 3.57 Å². The summed E-state index contributed by atoms with van der Waals surface area (Å²) in [6.07, 6.45) is 0. The Morgan fingerprint density at radius 2 is 1.48 bits per heavy atom. The van der Waals surface area contributed by atoms with Crippen molar-refractivity contribution in [3.05, 3.63) is 68.3 Å². The zero-order valence-electron chi connectivity index (χ0n) is 13.2. The molecule has 0 aliphatic heterocycles. The van der Waals surface area contributed by atoms with E-state index in [0.717, 1.165) is 0 Å². The second-order valence-electron chi connectivity index (χ2n) is 6.20. The molecular formula is C19H24IN. The number of hydrogen-bond acceptors (Lipinski definition) is 1. The van der Waals surface area contributed by atoms with E-state index in [4.69, 9.17) is 5.73 Å². The van der Waals surface area contributed by atoms with Crippen molar-refractivity contribution in [3.63, 3.8) is 0 Å². The van der Waals surface area contributed by atoms with Crippen molar-refractivity contribution in [1.82, 2.24) is 0 Å². The van der Waals surface area contributed by atoms with Crippen molar-refractivity contribution in [2.45, 2.75) is 45.6 Å². The van der Waals surface area contributed by atoms with Crippen LogP contribution in [0.5, 0.6) is 0 Å². The maximum Gasteiger partial charge on any atom is 0.0564 e. The second-order valence-corrected chi connectivity index (χ2v) is 7.36. The lowest BCUT2D eigenvalue weighted by Crippen LogP contribution is -2.16. The summed E-state index contributed by atoms with van der Waals surface area (Å²) >= 11 is 2.37. The normalized spacial score (nSPS) is 13.0. The Kier molecular flexibility index (Phi) is 5.44. The molecule has 112 valence electrons. The van der Waals surface area contributed by atoms with E-state index in [0.29, 0.717) is 11.8 Å². The molecule has 0 saturated carbocycles. The van der Waals surface area contributed by atoms with Crippen molar-refractivity contribution in [3.8, 4) is 0 Å². The van der Waals surface area contributed by atoms with E-state index in [2.05, 4.69) is 92.8 Å². The van der Waals surface area contributed by atoms with E-state index >= 15 is 0 Å². The third-order valence-electron chi connectivity index (χ3n) is 3.97. The predicted octanol–water partition coefficient (Wildman–Crippen LogP) is 5.59. The van der Waals surface area contributed by atoms with E-state index in [1.54, 1.807) is 0 Å². The van der Waals surface area contributed by atoms with Gasteiger partial charge in [-0.15, -0.1) is 0 Å². The smallest absolute Gasteiger partial charge is 0.0564 e. The van der Waals surface area contributed by atoms with Crippen molar-refractivity contribution in [1.29, 1.82) is 0 Å². The van der Waals surface area contributed by atoms with Crippen LogP contribution in [0.4, 0.5) is 0 Å². The summed E-state index contributed by atoms with van der Waals surface area (Å²) in [7, 11) is 0. The van der Waals surface area contributed by atoms with Crippen LogP contribution in [0.25, 0.3) is 0 Å². The van der Waals surface area contributed by atoms with Gasteiger partial charge in [-0.2, -0.15) is 0 Å². The highest BCUT2D eigenvalue weighted by atomic mass is 127. The first-order valence-corrected chi connectivity index (χ1v) is 8.63. The van der Waals surface area contributed by atoms with Gasteiger partial charge in [-0.05, 0) is 62.7 Å². The highest BCUT2D eigenvalue weighted by molar-refractivity contribution is 14.1. The molecule has 2 aromatic carbocycles. The number of hydrogen-bond donors (Lipinski definition) is 1. The van der Waals surface area contributed by atoms with Gasteiger partial charge in [-0.3, -0.25) is 0 Å². The molecule has 2 aromatic rings. The van der Waals surface area contributed by atoms with Gasteiger partial charge in [0.05, 0.1) is 6.04 Å². The zero-order valence-corrected chi connectivity index (χ0v) is 15.4. The molecule has 0 radical (unpaired) electrons. The molecule has 2 rings (SSSR count). The minimum atomic E-state index is -0.0586. The average molecular weight is 393 g/mol. The molecule has 2 heteroatoms. The summed E-state index contributed by atoms with van der Waals surface area (Å²) in [4.78, 5) is 0. The van der Waals surface area contributed by atoms with Gasteiger partial charge in [0.25, 0.3) is 0 Å². The summed E-state index contributed by atoms with van der Waals surface area (Å²) in [6, 6.07) is 15.1. The first kappa shape index (κ1) is 16.5. The molecule has 0 amide bonds. The third kappa shape index (κ3) is 3.67. The molecule has 21 heavy (non-hydrogen) atoms. The quantitative estimate of drug-likeness (QED) is 0.674. The maximum atomic E-state index is 6.58. The number of halogens is 1. The fraction of sp³-hybridized carbons (Fsp3) is 0.368. The predicted molar refractivity (Wildman–Crippen MR) is 99.8 cm³/mol. The summed E-state index contributed by atoms with van der Waals surface area (Å²) < 4.78 is 1.23. The van der Waals surface area contributed by atoms with Crippen molar-refractivity contribution >= 4 is 22.6 Å². The van der Waals surface area contributed by atoms with Gasteiger partial charge in [0.15, 0.2) is 0 Å². The highest BCUT2D eigenvalue weighted by Gasteiger charge is 2.18. The van der Waals surface area contributed by atoms with Gasteiger partial charge < -0.3 is 5.73 Å². The largest absolute Gasteiger partial charge is 0.320 e. The first-order chi connectivity index (χ1) is 9.91. The third-order valence-corrected chi connectivity index (χ3v) is 4.96. The summed E-state index contributed by atoms with van der Waals surface area (Å²) in [5.41, 5.74) is 11.8. The number of nitrogens with two attached hydrogens (primary N) is 1. The van der Waals surface area contributed by atoms with E-state index in [1.165, 1.54) is 25.8 Å². The lowest BCUT2D eigenvalue weighted by Gasteiger charge is -2.22. The number of rotatable bonds is 4. The Morgan fingerprint density at radius 1 is 0.810 bits per heavy atom. The van der Waals surface area contributed by atoms with Gasteiger partial charge in [-0.1, -0.05) is 64.1 Å². The van der Waals surface area contributed by atoms with Gasteiger partial charge in [-0.25, -0.2) is 0 Å². The maximum absolute atomic E-state index is 6.58. The fourth-order valence-electron chi connectivity index (χ4n) is 2.63. The van der Waals surface area contributed by atoms with Crippen LogP contribution < -0.4 is 5.73 Å². The molecule has 1 atom stereocenters. The highest BCUT2D eigenvalue weighted by Crippen LogP contribution is 2.32. The van der Waals surface area contributed by atoms with Gasteiger partial charge in [0.1, 0.15) is 0 Å². The molecule has 1 nitrogen and oxygen atoms in total. The minimum Gasteiger partial charge on any atom is -0.320 e. The molecule has 0 heterocycles. The Labute approximate surface area is 142 Å². The van der Waals surface area contributed by atoms with E-state index in [-0.39, 0.29) is 6.04 Å². The summed E-state index contributed by atoms with van der Waals surface area (Å²) in [6.45, 7) is 8.95. The van der Waals surface area contributed by atoms with Crippen molar-refractivity contribution in [2.24, 2.45) is 5.73 Å². The molecule has 0 fully saturated rings. The lowest BCUT2D eigenvalue weighted by atomic mass is 9.87. The van der Waals surface area contributed by atoms with Crippen molar-refractivity contribution < 1.29 is 0 Å². The van der Waals surface area contributed by atoms with Crippen LogP contribution in [0.3, 0.4) is 0 Å². The van der Waals surface area contributed by atoms with Crippen LogP contribution in [-0.2, 0) is 0 Å². The van der Waals surface area contributed by atoms with Crippen LogP contribution in [0, 0.1) is 3.57 Å². The molecule has 1 unspecified atom stereocenters. The second kappa shape index (κ2) is 6.93. The SMILES string of the molecule is CC(C)c1ccc(C(N)c2ccccc2I)c(C(C)C)c1. The monoisotopic (exact) mass is 393 g/mol. The molecular weight excluding hydrogens is 369 g/mol. The molecule has 0 spiro atoms. The molecule has 0 bridgehead atoms. The van der Waals surface area contributed by atoms with Crippen LogP contribution in [0.1, 0.15) is 67.8 Å². The fourth-order valence-corrected chi connectivity index (χ4v) is 3.35. The standard InChI is InChI=1S/C19H24IN/c1-12(2)14-9-10-15(17(11-14)13(3)4)19(21)16-7-5-6-8-18(16)20/h5-13,19H,21H2,1-4H3. The van der Waals surface area contributed by atoms with Crippen LogP contribution in [0.2, 0.25) is 0 Å². The molecule has 0 aliphatic carbocycles. The number of benzene rings is 2. The summed E-state index contributed by atoms with van der Waals surface area (Å²) in [5, 5.41) is 0. The summed E-state index contributed by atoms with van der Waals surface area (Å²) in [5.74, 6) is 1.02. The average Bonchev–Trinajstić information content (AvgIpc) is 2.46. The molecule has 0 aliphatic rings. The van der Waals surface area contributed by atoms with E-state index < -0.39 is 0 Å². The zero-order chi connectivity index (χ0) is 15.6. The molecule has 0 aromatic heterocycles. The Hall–Kier alpha value is -0.870. The van der Waals surface area contributed by atoms with Crippen LogP contribution in [0.15, 0.2) is 42.5 Å². The van der Waals surface area contributed by atoms with Gasteiger partial charge in [0.2, 0.25) is 0 Å². The van der Waals surface area contributed by atoms with Crippen LogP contribution in [-0.4, -0.2) is 0 Å². The first-order valence-electron chi connectivity index (χ1n) is 7.55. The van der Waals surface area contributed by atoms with E-state index in [1.807, 2.05) is 0 Å². The van der Waals surface area contributed by atoms with Crippen LogP contribution >= 0.6 is 22.6 Å². The van der Waals surface area contributed by atoms with Crippen molar-refractivity contribution in [2.75, 3.05) is 0 Å². The lowest BCUT2D eigenvalue weighted by molar-refractivity contribution is 0.779. The Bertz CT molecular complexity index is 617. The molecule has 2 N–H and O–H groups in total. The van der Waals surface area contributed by atoms with Gasteiger partial charge >= 0.3 is 0 Å². The molecule has 0 saturated heterocycles. The van der Waals surface area contributed by atoms with E-state index in [9.17, 15) is 0 Å². The minimum absolute atomic E-state index is 0.0586. The Balaban J connectivity index is 2.50. The Morgan fingerprint density at radius 3 is 2.05 bits per heavy atom.